The van der Waals surface area contributed by atoms with Crippen LogP contribution < -0.4 is 5.73 Å². The predicted octanol–water partition coefficient (Wildman–Crippen LogP) is -1.01. The van der Waals surface area contributed by atoms with Crippen LogP contribution in [0.1, 0.15) is 0 Å². The van der Waals surface area contributed by atoms with Crippen molar-refractivity contribution in [2.45, 2.75) is 4.90 Å². The molecular formula is C6H12N4O2S. The van der Waals surface area contributed by atoms with Crippen LogP contribution in [0.3, 0.4) is 0 Å². The lowest BCUT2D eigenvalue weighted by Gasteiger charge is -2.13. The Morgan fingerprint density at radius 2 is 2.38 bits per heavy atom. The Labute approximate surface area is 76.8 Å². The van der Waals surface area contributed by atoms with Crippen molar-refractivity contribution in [2.24, 2.45) is 5.73 Å². The fraction of sp³-hybridized carbons (Fsp3) is 0.500. The normalized spacial score (nSPS) is 12.2. The van der Waals surface area contributed by atoms with Crippen LogP contribution in [0.15, 0.2) is 17.3 Å². The van der Waals surface area contributed by atoms with Gasteiger partial charge in [0.1, 0.15) is 4.90 Å². The van der Waals surface area contributed by atoms with Gasteiger partial charge in [-0.2, -0.15) is 9.40 Å². The van der Waals surface area contributed by atoms with E-state index in [1.54, 1.807) is 0 Å². The summed E-state index contributed by atoms with van der Waals surface area (Å²) in [6, 6.07) is 0. The number of nitrogens with zero attached hydrogens (tertiary/aromatic N) is 2. The van der Waals surface area contributed by atoms with Gasteiger partial charge in [0, 0.05) is 26.3 Å². The minimum atomic E-state index is -3.40. The van der Waals surface area contributed by atoms with Crippen molar-refractivity contribution in [1.82, 2.24) is 14.5 Å². The van der Waals surface area contributed by atoms with E-state index in [2.05, 4.69) is 10.2 Å². The summed E-state index contributed by atoms with van der Waals surface area (Å²) in [6.07, 6.45) is 2.60. The summed E-state index contributed by atoms with van der Waals surface area (Å²) in [6.45, 7) is 0.598. The van der Waals surface area contributed by atoms with Crippen molar-refractivity contribution in [1.29, 1.82) is 0 Å². The van der Waals surface area contributed by atoms with Crippen LogP contribution in [0.4, 0.5) is 0 Å². The van der Waals surface area contributed by atoms with E-state index in [1.165, 1.54) is 23.7 Å². The molecule has 7 heteroatoms. The van der Waals surface area contributed by atoms with E-state index in [1.807, 2.05) is 0 Å². The molecule has 0 unspecified atom stereocenters. The average molecular weight is 204 g/mol. The molecule has 0 fully saturated rings. The van der Waals surface area contributed by atoms with Crippen molar-refractivity contribution in [3.63, 3.8) is 0 Å². The average Bonchev–Trinajstić information content (AvgIpc) is 2.56. The number of aromatic nitrogens is 2. The summed E-state index contributed by atoms with van der Waals surface area (Å²) in [5, 5.41) is 6.01. The molecular weight excluding hydrogens is 192 g/mol. The summed E-state index contributed by atoms with van der Waals surface area (Å²) < 4.78 is 24.4. The molecule has 74 valence electrons. The van der Waals surface area contributed by atoms with Gasteiger partial charge in [0.15, 0.2) is 0 Å². The van der Waals surface area contributed by atoms with E-state index >= 15 is 0 Å². The zero-order valence-electron chi connectivity index (χ0n) is 7.27. The zero-order chi connectivity index (χ0) is 9.90. The van der Waals surface area contributed by atoms with Crippen LogP contribution in [0.2, 0.25) is 0 Å². The number of likely N-dealkylation sites (N-methyl/N-ethyl adjacent to an activating group) is 1. The Bertz CT molecular complexity index is 345. The van der Waals surface area contributed by atoms with Crippen LogP contribution >= 0.6 is 0 Å². The van der Waals surface area contributed by atoms with E-state index < -0.39 is 10.0 Å². The van der Waals surface area contributed by atoms with E-state index in [-0.39, 0.29) is 4.90 Å². The van der Waals surface area contributed by atoms with Gasteiger partial charge in [0.05, 0.1) is 6.20 Å². The lowest BCUT2D eigenvalue weighted by atomic mass is 10.7. The molecule has 0 aliphatic rings. The topological polar surface area (TPSA) is 92.1 Å². The van der Waals surface area contributed by atoms with E-state index in [0.29, 0.717) is 13.1 Å². The summed E-state index contributed by atoms with van der Waals surface area (Å²) >= 11 is 0. The number of hydrogen-bond donors (Lipinski definition) is 2. The molecule has 3 N–H and O–H groups in total. The fourth-order valence-corrected chi connectivity index (χ4v) is 1.96. The number of nitrogens with two attached hydrogens (primary N) is 1. The highest BCUT2D eigenvalue weighted by Crippen LogP contribution is 2.10. The molecule has 1 rings (SSSR count). The van der Waals surface area contributed by atoms with Gasteiger partial charge in [0.2, 0.25) is 10.0 Å². The van der Waals surface area contributed by atoms with Crippen LogP contribution in [0.5, 0.6) is 0 Å². The molecule has 0 aliphatic heterocycles. The number of H-pyrrole nitrogens is 1. The number of nitrogens with one attached hydrogen (secondary N) is 1. The Kier molecular flexibility index (Phi) is 3.02. The first-order valence-electron chi connectivity index (χ1n) is 3.74. The second-order valence-electron chi connectivity index (χ2n) is 2.55. The molecule has 6 nitrogen and oxygen atoms in total. The van der Waals surface area contributed by atoms with Crippen LogP contribution in [-0.2, 0) is 10.0 Å². The SMILES string of the molecule is CN(CCN)S(=O)(=O)c1cn[nH]c1. The minimum Gasteiger partial charge on any atom is -0.329 e. The third-order valence-electron chi connectivity index (χ3n) is 1.63. The molecule has 0 aliphatic carbocycles. The fourth-order valence-electron chi connectivity index (χ4n) is 0.862. The van der Waals surface area contributed by atoms with Crippen molar-refractivity contribution < 1.29 is 8.42 Å². The van der Waals surface area contributed by atoms with Crippen molar-refractivity contribution >= 4 is 10.0 Å². The van der Waals surface area contributed by atoms with Gasteiger partial charge >= 0.3 is 0 Å². The minimum absolute atomic E-state index is 0.156. The molecule has 13 heavy (non-hydrogen) atoms. The number of sulfonamides is 1. The van der Waals surface area contributed by atoms with Gasteiger partial charge in [-0.15, -0.1) is 0 Å². The van der Waals surface area contributed by atoms with Crippen molar-refractivity contribution in [3.8, 4) is 0 Å². The Morgan fingerprint density at radius 3 is 2.85 bits per heavy atom. The molecule has 0 atom stereocenters. The van der Waals surface area contributed by atoms with Crippen molar-refractivity contribution in [2.75, 3.05) is 20.1 Å². The van der Waals surface area contributed by atoms with Gasteiger partial charge in [-0.05, 0) is 0 Å². The third-order valence-corrected chi connectivity index (χ3v) is 3.45. The lowest BCUT2D eigenvalue weighted by molar-refractivity contribution is 0.476. The van der Waals surface area contributed by atoms with Gasteiger partial charge in [-0.25, -0.2) is 8.42 Å². The summed E-state index contributed by atoms with van der Waals surface area (Å²) in [5.41, 5.74) is 5.25. The highest BCUT2D eigenvalue weighted by atomic mass is 32.2. The van der Waals surface area contributed by atoms with Gasteiger partial charge < -0.3 is 5.73 Å². The second kappa shape index (κ2) is 3.86. The highest BCUT2D eigenvalue weighted by molar-refractivity contribution is 7.89. The maximum Gasteiger partial charge on any atom is 0.245 e. The molecule has 1 heterocycles. The Morgan fingerprint density at radius 1 is 1.69 bits per heavy atom. The predicted molar refractivity (Wildman–Crippen MR) is 47.5 cm³/mol. The molecule has 0 bridgehead atoms. The smallest absolute Gasteiger partial charge is 0.245 e. The highest BCUT2D eigenvalue weighted by Gasteiger charge is 2.20. The third kappa shape index (κ3) is 2.06. The molecule has 0 aromatic carbocycles. The number of aromatic amines is 1. The van der Waals surface area contributed by atoms with Gasteiger partial charge in [-0.3, -0.25) is 5.10 Å². The first-order valence-corrected chi connectivity index (χ1v) is 5.18. The second-order valence-corrected chi connectivity index (χ2v) is 4.59. The van der Waals surface area contributed by atoms with Crippen LogP contribution in [0.25, 0.3) is 0 Å². The first kappa shape index (κ1) is 10.2. The largest absolute Gasteiger partial charge is 0.329 e. The Hall–Kier alpha value is -0.920. The quantitative estimate of drug-likeness (QED) is 0.657. The molecule has 1 aromatic heterocycles. The summed E-state index contributed by atoms with van der Waals surface area (Å²) in [7, 11) is -1.92. The molecule has 0 spiro atoms. The number of hydrogen-bond acceptors (Lipinski definition) is 4. The molecule has 0 amide bonds. The molecule has 1 aromatic rings. The Balaban J connectivity index is 2.90. The maximum absolute atomic E-state index is 11.6. The standard InChI is InChI=1S/C6H12N4O2S/c1-10(3-2-7)13(11,12)6-4-8-9-5-6/h4-5H,2-3,7H2,1H3,(H,8,9). The van der Waals surface area contributed by atoms with Crippen molar-refractivity contribution in [3.05, 3.63) is 12.4 Å². The van der Waals surface area contributed by atoms with E-state index in [9.17, 15) is 8.42 Å². The number of rotatable bonds is 4. The molecule has 0 saturated carbocycles. The van der Waals surface area contributed by atoms with Gasteiger partial charge in [0.25, 0.3) is 0 Å². The van der Waals surface area contributed by atoms with Crippen LogP contribution in [0, 0.1) is 0 Å². The maximum atomic E-state index is 11.6. The monoisotopic (exact) mass is 204 g/mol. The zero-order valence-corrected chi connectivity index (χ0v) is 8.08. The lowest BCUT2D eigenvalue weighted by Crippen LogP contribution is -2.31. The van der Waals surface area contributed by atoms with Gasteiger partial charge in [-0.1, -0.05) is 0 Å². The first-order chi connectivity index (χ1) is 6.09. The summed E-state index contributed by atoms with van der Waals surface area (Å²) in [5.74, 6) is 0. The molecule has 0 radical (unpaired) electrons. The van der Waals surface area contributed by atoms with Crippen LogP contribution in [-0.4, -0.2) is 43.1 Å². The van der Waals surface area contributed by atoms with E-state index in [4.69, 9.17) is 5.73 Å². The summed E-state index contributed by atoms with van der Waals surface area (Å²) in [4.78, 5) is 0.156. The van der Waals surface area contributed by atoms with E-state index in [0.717, 1.165) is 0 Å². The molecule has 0 saturated heterocycles.